The van der Waals surface area contributed by atoms with Gasteiger partial charge in [-0.15, -0.1) is 0 Å². The lowest BCUT2D eigenvalue weighted by atomic mass is 10.1. The standard InChI is InChI=1S/C16H24N2O2/c1-11(2)17-7-5-6-12-10-18-14-9-16(20-4)15(19-3)8-13(12)14/h8-11,17-18H,5-7H2,1-4H3. The lowest BCUT2D eigenvalue weighted by Crippen LogP contribution is -2.23. The Morgan fingerprint density at radius 3 is 2.50 bits per heavy atom. The number of nitrogens with one attached hydrogen (secondary N) is 2. The van der Waals surface area contributed by atoms with Gasteiger partial charge in [0.15, 0.2) is 11.5 Å². The monoisotopic (exact) mass is 276 g/mol. The summed E-state index contributed by atoms with van der Waals surface area (Å²) in [5.41, 5.74) is 2.42. The molecule has 0 unspecified atom stereocenters. The molecule has 0 aliphatic carbocycles. The molecule has 0 aliphatic heterocycles. The van der Waals surface area contributed by atoms with Gasteiger partial charge in [-0.25, -0.2) is 0 Å². The van der Waals surface area contributed by atoms with Crippen LogP contribution >= 0.6 is 0 Å². The van der Waals surface area contributed by atoms with Crippen molar-refractivity contribution >= 4 is 10.9 Å². The van der Waals surface area contributed by atoms with Crippen molar-refractivity contribution in [2.45, 2.75) is 32.7 Å². The molecule has 1 aromatic heterocycles. The Morgan fingerprint density at radius 1 is 1.15 bits per heavy atom. The minimum absolute atomic E-state index is 0.544. The number of aromatic amines is 1. The Morgan fingerprint density at radius 2 is 1.85 bits per heavy atom. The molecule has 0 spiro atoms. The molecule has 0 bridgehead atoms. The predicted octanol–water partition coefficient (Wildman–Crippen LogP) is 3.12. The van der Waals surface area contributed by atoms with Crippen molar-refractivity contribution < 1.29 is 9.47 Å². The Kier molecular flexibility index (Phi) is 4.90. The number of ether oxygens (including phenoxy) is 2. The van der Waals surface area contributed by atoms with Crippen LogP contribution in [0.2, 0.25) is 0 Å². The Balaban J connectivity index is 2.14. The summed E-state index contributed by atoms with van der Waals surface area (Å²) in [6, 6.07) is 4.59. The molecule has 0 atom stereocenters. The Bertz CT molecular complexity index is 561. The van der Waals surface area contributed by atoms with Crippen molar-refractivity contribution in [1.82, 2.24) is 10.3 Å². The van der Waals surface area contributed by atoms with Gasteiger partial charge < -0.3 is 19.8 Å². The first-order valence-electron chi connectivity index (χ1n) is 7.11. The van der Waals surface area contributed by atoms with Crippen molar-refractivity contribution in [1.29, 1.82) is 0 Å². The predicted molar refractivity (Wildman–Crippen MR) is 82.9 cm³/mol. The third-order valence-corrected chi connectivity index (χ3v) is 3.45. The molecular formula is C16H24N2O2. The minimum atomic E-state index is 0.544. The maximum atomic E-state index is 5.37. The highest BCUT2D eigenvalue weighted by Gasteiger charge is 2.10. The number of benzene rings is 1. The molecule has 2 N–H and O–H groups in total. The zero-order chi connectivity index (χ0) is 14.5. The van der Waals surface area contributed by atoms with E-state index >= 15 is 0 Å². The summed E-state index contributed by atoms with van der Waals surface area (Å²) in [5, 5.41) is 4.66. The topological polar surface area (TPSA) is 46.3 Å². The highest BCUT2D eigenvalue weighted by Crippen LogP contribution is 2.33. The van der Waals surface area contributed by atoms with Crippen LogP contribution in [-0.4, -0.2) is 31.8 Å². The molecular weight excluding hydrogens is 252 g/mol. The summed E-state index contributed by atoms with van der Waals surface area (Å²) in [7, 11) is 3.33. The van der Waals surface area contributed by atoms with E-state index in [1.807, 2.05) is 6.07 Å². The number of hydrogen-bond donors (Lipinski definition) is 2. The molecule has 0 radical (unpaired) electrons. The molecule has 0 amide bonds. The van der Waals surface area contributed by atoms with E-state index < -0.39 is 0 Å². The van der Waals surface area contributed by atoms with Gasteiger partial charge in [-0.1, -0.05) is 13.8 Å². The second-order valence-electron chi connectivity index (χ2n) is 5.28. The zero-order valence-corrected chi connectivity index (χ0v) is 12.7. The Hall–Kier alpha value is -1.68. The number of fused-ring (bicyclic) bond motifs is 1. The molecule has 2 rings (SSSR count). The summed E-state index contributed by atoms with van der Waals surface area (Å²) in [6.07, 6.45) is 4.26. The summed E-state index contributed by atoms with van der Waals surface area (Å²) < 4.78 is 10.7. The third-order valence-electron chi connectivity index (χ3n) is 3.45. The molecule has 2 aromatic rings. The Labute approximate surface area is 120 Å². The van der Waals surface area contributed by atoms with Gasteiger partial charge in [0.05, 0.1) is 14.2 Å². The molecule has 4 nitrogen and oxygen atoms in total. The van der Waals surface area contributed by atoms with E-state index in [1.54, 1.807) is 14.2 Å². The second-order valence-corrected chi connectivity index (χ2v) is 5.28. The molecule has 110 valence electrons. The first-order valence-corrected chi connectivity index (χ1v) is 7.11. The fraction of sp³-hybridized carbons (Fsp3) is 0.500. The number of methoxy groups -OCH3 is 2. The molecule has 4 heteroatoms. The van der Waals surface area contributed by atoms with Gasteiger partial charge in [0.1, 0.15) is 0 Å². The van der Waals surface area contributed by atoms with Crippen LogP contribution < -0.4 is 14.8 Å². The van der Waals surface area contributed by atoms with Crippen molar-refractivity contribution in [2.24, 2.45) is 0 Å². The number of aryl methyl sites for hydroxylation is 1. The zero-order valence-electron chi connectivity index (χ0n) is 12.7. The maximum absolute atomic E-state index is 5.37. The van der Waals surface area contributed by atoms with Crippen LogP contribution in [0.15, 0.2) is 18.3 Å². The fourth-order valence-corrected chi connectivity index (χ4v) is 2.38. The summed E-state index contributed by atoms with van der Waals surface area (Å²) in [6.45, 7) is 5.38. The number of rotatable bonds is 7. The molecule has 0 saturated heterocycles. The van der Waals surface area contributed by atoms with Gasteiger partial charge in [0.2, 0.25) is 0 Å². The van der Waals surface area contributed by atoms with Crippen LogP contribution in [0.1, 0.15) is 25.8 Å². The van der Waals surface area contributed by atoms with E-state index in [0.717, 1.165) is 36.4 Å². The summed E-state index contributed by atoms with van der Waals surface area (Å²) in [5.74, 6) is 1.54. The van der Waals surface area contributed by atoms with E-state index in [0.29, 0.717) is 6.04 Å². The maximum Gasteiger partial charge on any atom is 0.162 e. The fourth-order valence-electron chi connectivity index (χ4n) is 2.38. The largest absolute Gasteiger partial charge is 0.493 e. The van der Waals surface area contributed by atoms with Gasteiger partial charge in [-0.2, -0.15) is 0 Å². The van der Waals surface area contributed by atoms with E-state index in [2.05, 4.69) is 36.4 Å². The van der Waals surface area contributed by atoms with Crippen molar-refractivity contribution in [3.8, 4) is 11.5 Å². The average Bonchev–Trinajstić information content (AvgIpc) is 2.84. The molecule has 20 heavy (non-hydrogen) atoms. The molecule has 1 heterocycles. The van der Waals surface area contributed by atoms with Crippen LogP contribution in [0, 0.1) is 0 Å². The van der Waals surface area contributed by atoms with Gasteiger partial charge in [-0.05, 0) is 31.0 Å². The van der Waals surface area contributed by atoms with Crippen LogP contribution in [0.25, 0.3) is 10.9 Å². The van der Waals surface area contributed by atoms with Crippen molar-refractivity contribution in [2.75, 3.05) is 20.8 Å². The van der Waals surface area contributed by atoms with Crippen LogP contribution in [0.3, 0.4) is 0 Å². The van der Waals surface area contributed by atoms with Crippen molar-refractivity contribution in [3.63, 3.8) is 0 Å². The van der Waals surface area contributed by atoms with Crippen LogP contribution in [-0.2, 0) is 6.42 Å². The van der Waals surface area contributed by atoms with E-state index in [1.165, 1.54) is 10.9 Å². The molecule has 0 saturated carbocycles. The van der Waals surface area contributed by atoms with Gasteiger partial charge in [-0.3, -0.25) is 0 Å². The summed E-state index contributed by atoms with van der Waals surface area (Å²) in [4.78, 5) is 3.31. The number of aromatic nitrogens is 1. The number of H-pyrrole nitrogens is 1. The molecule has 0 fully saturated rings. The summed E-state index contributed by atoms with van der Waals surface area (Å²) >= 11 is 0. The van der Waals surface area contributed by atoms with E-state index in [4.69, 9.17) is 9.47 Å². The first kappa shape index (κ1) is 14.7. The van der Waals surface area contributed by atoms with E-state index in [-0.39, 0.29) is 0 Å². The van der Waals surface area contributed by atoms with Crippen molar-refractivity contribution in [3.05, 3.63) is 23.9 Å². The quantitative estimate of drug-likeness (QED) is 0.764. The molecule has 0 aliphatic rings. The lowest BCUT2D eigenvalue weighted by molar-refractivity contribution is 0.356. The van der Waals surface area contributed by atoms with Crippen LogP contribution in [0.5, 0.6) is 11.5 Å². The minimum Gasteiger partial charge on any atom is -0.493 e. The smallest absolute Gasteiger partial charge is 0.162 e. The van der Waals surface area contributed by atoms with Gasteiger partial charge in [0, 0.05) is 29.2 Å². The average molecular weight is 276 g/mol. The highest BCUT2D eigenvalue weighted by atomic mass is 16.5. The highest BCUT2D eigenvalue weighted by molar-refractivity contribution is 5.86. The third kappa shape index (κ3) is 3.25. The second kappa shape index (κ2) is 6.66. The normalized spacial score (nSPS) is 11.2. The number of hydrogen-bond acceptors (Lipinski definition) is 3. The lowest BCUT2D eigenvalue weighted by Gasteiger charge is -2.09. The van der Waals surface area contributed by atoms with Gasteiger partial charge >= 0.3 is 0 Å². The van der Waals surface area contributed by atoms with Crippen LogP contribution in [0.4, 0.5) is 0 Å². The van der Waals surface area contributed by atoms with E-state index in [9.17, 15) is 0 Å². The molecule has 1 aromatic carbocycles. The SMILES string of the molecule is COc1cc2[nH]cc(CCCNC(C)C)c2cc1OC. The van der Waals surface area contributed by atoms with Gasteiger partial charge in [0.25, 0.3) is 0 Å². The first-order chi connectivity index (χ1) is 9.65.